The maximum Gasteiger partial charge on any atom is 0.338 e. The molecule has 174 valence electrons. The first-order chi connectivity index (χ1) is 16.4. The summed E-state index contributed by atoms with van der Waals surface area (Å²) in [6.45, 7) is 3.74. The summed E-state index contributed by atoms with van der Waals surface area (Å²) in [6.07, 6.45) is 2.96. The molecule has 34 heavy (non-hydrogen) atoms. The lowest BCUT2D eigenvalue weighted by Gasteiger charge is -2.22. The minimum Gasteiger partial charge on any atom is -0.366 e. The number of rotatable bonds is 6. The molecule has 4 rings (SSSR count). The van der Waals surface area contributed by atoms with E-state index < -0.39 is 23.7 Å². The second-order valence-electron chi connectivity index (χ2n) is 7.42. The van der Waals surface area contributed by atoms with Crippen molar-refractivity contribution in [2.75, 3.05) is 18.4 Å². The Morgan fingerprint density at radius 1 is 1.24 bits per heavy atom. The molecule has 0 radical (unpaired) electrons. The van der Waals surface area contributed by atoms with Crippen molar-refractivity contribution in [3.8, 4) is 12.0 Å². The largest absolute Gasteiger partial charge is 0.366 e. The van der Waals surface area contributed by atoms with Crippen LogP contribution in [0.4, 0.5) is 19.4 Å². The van der Waals surface area contributed by atoms with Crippen molar-refractivity contribution in [3.63, 3.8) is 0 Å². The molecular weight excluding hydrogens is 446 g/mol. The molecule has 2 N–H and O–H groups in total. The number of aromatic nitrogens is 5. The second-order valence-corrected chi connectivity index (χ2v) is 7.42. The zero-order chi connectivity index (χ0) is 24.2. The normalized spacial score (nSPS) is 14.8. The van der Waals surface area contributed by atoms with Gasteiger partial charge >= 0.3 is 6.03 Å². The van der Waals surface area contributed by atoms with Crippen LogP contribution in [0.15, 0.2) is 29.5 Å². The van der Waals surface area contributed by atoms with Gasteiger partial charge in [0, 0.05) is 25.7 Å². The molecule has 0 fully saturated rings. The molecule has 1 aliphatic rings. The highest BCUT2D eigenvalue weighted by molar-refractivity contribution is 5.78. The van der Waals surface area contributed by atoms with Gasteiger partial charge in [0.15, 0.2) is 11.6 Å². The number of hydrogen-bond acceptors (Lipinski definition) is 8. The third-order valence-electron chi connectivity index (χ3n) is 4.96. The first-order valence-corrected chi connectivity index (χ1v) is 10.3. The zero-order valence-electron chi connectivity index (χ0n) is 18.3. The Kier molecular flexibility index (Phi) is 6.39. The Morgan fingerprint density at radius 2 is 2.06 bits per heavy atom. The molecule has 0 bridgehead atoms. The fourth-order valence-corrected chi connectivity index (χ4v) is 3.48. The average Bonchev–Trinajstić information content (AvgIpc) is 3.43. The van der Waals surface area contributed by atoms with Crippen molar-refractivity contribution < 1.29 is 13.6 Å². The Morgan fingerprint density at radius 3 is 2.79 bits per heavy atom. The summed E-state index contributed by atoms with van der Waals surface area (Å²) in [5.74, 6) is -0.0169. The van der Waals surface area contributed by atoms with Gasteiger partial charge in [-0.1, -0.05) is 0 Å². The van der Waals surface area contributed by atoms with Crippen molar-refractivity contribution in [2.45, 2.75) is 26.3 Å². The predicted octanol–water partition coefficient (Wildman–Crippen LogP) is 2.38. The SMILES string of the molecule is Cc1nc(C)n(-c2ncc(F)c(NCCNC(=O)N3N=CC[C@H]3c3cc(F)cc(C#N)c3)n2)n1. The Bertz CT molecular complexity index is 1300. The molecule has 1 atom stereocenters. The Hall–Kier alpha value is -4.47. The van der Waals surface area contributed by atoms with Crippen LogP contribution in [0.3, 0.4) is 0 Å². The number of aryl methyl sites for hydroxylation is 2. The van der Waals surface area contributed by atoms with Crippen molar-refractivity contribution in [3.05, 3.63) is 58.8 Å². The van der Waals surface area contributed by atoms with E-state index in [0.29, 0.717) is 23.6 Å². The summed E-state index contributed by atoms with van der Waals surface area (Å²) in [5, 5.41) is 24.0. The summed E-state index contributed by atoms with van der Waals surface area (Å²) in [7, 11) is 0. The van der Waals surface area contributed by atoms with Crippen LogP contribution < -0.4 is 10.6 Å². The van der Waals surface area contributed by atoms with Gasteiger partial charge < -0.3 is 10.6 Å². The average molecular weight is 466 g/mol. The smallest absolute Gasteiger partial charge is 0.338 e. The highest BCUT2D eigenvalue weighted by Crippen LogP contribution is 2.29. The maximum absolute atomic E-state index is 14.2. The van der Waals surface area contributed by atoms with Gasteiger partial charge in [-0.2, -0.15) is 20.0 Å². The van der Waals surface area contributed by atoms with Gasteiger partial charge in [0.1, 0.15) is 17.5 Å². The van der Waals surface area contributed by atoms with E-state index in [1.54, 1.807) is 20.1 Å². The predicted molar refractivity (Wildman–Crippen MR) is 117 cm³/mol. The van der Waals surface area contributed by atoms with Gasteiger partial charge in [-0.15, -0.1) is 5.10 Å². The van der Waals surface area contributed by atoms with E-state index in [1.807, 2.05) is 6.07 Å². The van der Waals surface area contributed by atoms with Crippen LogP contribution in [0.1, 0.15) is 35.2 Å². The van der Waals surface area contributed by atoms with Gasteiger partial charge in [0.2, 0.25) is 0 Å². The van der Waals surface area contributed by atoms with E-state index in [9.17, 15) is 13.6 Å². The van der Waals surface area contributed by atoms with Crippen molar-refractivity contribution in [1.29, 1.82) is 5.26 Å². The van der Waals surface area contributed by atoms with Gasteiger partial charge in [0.25, 0.3) is 5.95 Å². The molecular formula is C21H20F2N10O. The number of anilines is 1. The topological polar surface area (TPSA) is 137 Å². The lowest BCUT2D eigenvalue weighted by Crippen LogP contribution is -2.39. The van der Waals surface area contributed by atoms with Crippen molar-refractivity contribution >= 4 is 18.1 Å². The van der Waals surface area contributed by atoms with Gasteiger partial charge in [0.05, 0.1) is 23.9 Å². The molecule has 1 aliphatic heterocycles. The molecule has 3 aromatic rings. The molecule has 0 saturated carbocycles. The summed E-state index contributed by atoms with van der Waals surface area (Å²) in [6, 6.07) is 4.77. The number of nitrogens with one attached hydrogen (secondary N) is 2. The number of hydrazone groups is 1. The molecule has 0 unspecified atom stereocenters. The fourth-order valence-electron chi connectivity index (χ4n) is 3.48. The van der Waals surface area contributed by atoms with Crippen LogP contribution >= 0.6 is 0 Å². The second kappa shape index (κ2) is 9.57. The van der Waals surface area contributed by atoms with E-state index in [4.69, 9.17) is 5.26 Å². The number of carbonyl (C=O) groups excluding carboxylic acids is 1. The fraction of sp³-hybridized carbons (Fsp3) is 0.286. The Balaban J connectivity index is 1.36. The van der Waals surface area contributed by atoms with Crippen LogP contribution in [0.25, 0.3) is 5.95 Å². The lowest BCUT2D eigenvalue weighted by molar-refractivity contribution is 0.186. The maximum atomic E-state index is 14.2. The van der Waals surface area contributed by atoms with Crippen molar-refractivity contribution in [2.24, 2.45) is 5.10 Å². The minimum atomic E-state index is -0.659. The van der Waals surface area contributed by atoms with Crippen molar-refractivity contribution in [1.82, 2.24) is 35.1 Å². The van der Waals surface area contributed by atoms with Crippen LogP contribution in [0.5, 0.6) is 0 Å². The number of nitrogens with zero attached hydrogens (tertiary/aromatic N) is 8. The molecule has 1 aromatic carbocycles. The quantitative estimate of drug-likeness (QED) is 0.532. The van der Waals surface area contributed by atoms with E-state index in [-0.39, 0.29) is 30.4 Å². The van der Waals surface area contributed by atoms with Crippen LogP contribution in [0, 0.1) is 36.8 Å². The third kappa shape index (κ3) is 4.80. The number of benzene rings is 1. The number of hydrogen-bond donors (Lipinski definition) is 2. The van der Waals surface area contributed by atoms with E-state index in [0.717, 1.165) is 12.3 Å². The summed E-state index contributed by atoms with van der Waals surface area (Å²) >= 11 is 0. The van der Waals surface area contributed by atoms with Crippen LogP contribution in [-0.4, -0.2) is 55.1 Å². The molecule has 3 heterocycles. The first-order valence-electron chi connectivity index (χ1n) is 10.3. The molecule has 0 saturated heterocycles. The molecule has 0 spiro atoms. The number of amides is 2. The molecule has 2 aromatic heterocycles. The monoisotopic (exact) mass is 466 g/mol. The van der Waals surface area contributed by atoms with Crippen LogP contribution in [0.2, 0.25) is 0 Å². The molecule has 13 heteroatoms. The summed E-state index contributed by atoms with van der Waals surface area (Å²) < 4.78 is 29.4. The van der Waals surface area contributed by atoms with Gasteiger partial charge in [-0.05, 0) is 37.6 Å². The molecule has 11 nitrogen and oxygen atoms in total. The van der Waals surface area contributed by atoms with Crippen LogP contribution in [-0.2, 0) is 0 Å². The highest BCUT2D eigenvalue weighted by Gasteiger charge is 2.28. The molecule has 2 amide bonds. The summed E-state index contributed by atoms with van der Waals surface area (Å²) in [4.78, 5) is 24.9. The third-order valence-corrected chi connectivity index (χ3v) is 4.96. The number of carbonyl (C=O) groups is 1. The molecule has 0 aliphatic carbocycles. The van der Waals surface area contributed by atoms with Gasteiger partial charge in [-0.3, -0.25) is 0 Å². The lowest BCUT2D eigenvalue weighted by atomic mass is 10.0. The number of urea groups is 1. The number of halogens is 2. The first kappa shape index (κ1) is 22.7. The standard InChI is InChI=1S/C21H20F2N10O/c1-12-29-13(2)32(31-12)20-27-11-17(23)19(30-20)25-5-6-26-21(34)33-18(3-4-28-33)15-7-14(10-24)8-16(22)9-15/h4,7-9,11,18H,3,5-6H2,1-2H3,(H,26,34)(H,25,27,30)/t18-/m0/s1. The van der Waals surface area contributed by atoms with Gasteiger partial charge in [-0.25, -0.2) is 28.6 Å². The van der Waals surface area contributed by atoms with E-state index in [2.05, 4.69) is 35.8 Å². The summed E-state index contributed by atoms with van der Waals surface area (Å²) in [5.41, 5.74) is 0.630. The van der Waals surface area contributed by atoms with E-state index >= 15 is 0 Å². The minimum absolute atomic E-state index is 0.0485. The number of nitriles is 1. The zero-order valence-corrected chi connectivity index (χ0v) is 18.3. The highest BCUT2D eigenvalue weighted by atomic mass is 19.1. The Labute approximate surface area is 193 Å². The van der Waals surface area contributed by atoms with E-state index in [1.165, 1.54) is 21.8 Å².